The van der Waals surface area contributed by atoms with Gasteiger partial charge in [-0.05, 0) is 49.2 Å². The number of thiocarbonyl (C=S) groups is 1. The van der Waals surface area contributed by atoms with E-state index in [9.17, 15) is 4.79 Å². The highest BCUT2D eigenvalue weighted by atomic mass is 32.2. The number of nitrogens with zero attached hydrogens (tertiary/aromatic N) is 2. The van der Waals surface area contributed by atoms with Gasteiger partial charge in [-0.2, -0.15) is 0 Å². The molecule has 2 heterocycles. The Bertz CT molecular complexity index is 1090. The minimum Gasteiger partial charge on any atom is -0.350 e. The van der Waals surface area contributed by atoms with E-state index in [0.29, 0.717) is 9.23 Å². The monoisotopic (exact) mass is 378 g/mol. The van der Waals surface area contributed by atoms with E-state index in [0.717, 1.165) is 27.7 Å². The first-order valence-electron chi connectivity index (χ1n) is 8.35. The van der Waals surface area contributed by atoms with Crippen molar-refractivity contribution in [2.45, 2.75) is 13.8 Å². The first-order valence-corrected chi connectivity index (χ1v) is 9.57. The van der Waals surface area contributed by atoms with Crippen LogP contribution in [0.4, 0.5) is 5.69 Å². The summed E-state index contributed by atoms with van der Waals surface area (Å²) in [6, 6.07) is 14.2. The Morgan fingerprint density at radius 3 is 2.62 bits per heavy atom. The van der Waals surface area contributed by atoms with Crippen molar-refractivity contribution in [1.29, 1.82) is 0 Å². The van der Waals surface area contributed by atoms with Gasteiger partial charge in [0.05, 0.1) is 10.6 Å². The number of fused-ring (bicyclic) bond motifs is 1. The zero-order valence-corrected chi connectivity index (χ0v) is 16.4. The lowest BCUT2D eigenvalue weighted by Gasteiger charge is -2.15. The Kier molecular flexibility index (Phi) is 4.21. The maximum Gasteiger partial charge on any atom is 0.270 e. The lowest BCUT2D eigenvalue weighted by molar-refractivity contribution is -0.113. The van der Waals surface area contributed by atoms with Gasteiger partial charge in [-0.25, -0.2) is 0 Å². The van der Waals surface area contributed by atoms with Crippen molar-refractivity contribution in [3.05, 3.63) is 70.3 Å². The van der Waals surface area contributed by atoms with Crippen LogP contribution in [0.3, 0.4) is 0 Å². The van der Waals surface area contributed by atoms with Crippen LogP contribution >= 0.6 is 24.0 Å². The van der Waals surface area contributed by atoms with Crippen LogP contribution < -0.4 is 4.90 Å². The topological polar surface area (TPSA) is 25.2 Å². The predicted molar refractivity (Wildman–Crippen MR) is 114 cm³/mol. The fourth-order valence-electron chi connectivity index (χ4n) is 3.18. The van der Waals surface area contributed by atoms with Crippen molar-refractivity contribution in [2.75, 3.05) is 4.90 Å². The van der Waals surface area contributed by atoms with Crippen LogP contribution in [0.2, 0.25) is 0 Å². The van der Waals surface area contributed by atoms with Gasteiger partial charge in [0.25, 0.3) is 5.91 Å². The van der Waals surface area contributed by atoms with Crippen LogP contribution in [-0.2, 0) is 11.8 Å². The van der Waals surface area contributed by atoms with E-state index in [1.807, 2.05) is 56.6 Å². The highest BCUT2D eigenvalue weighted by molar-refractivity contribution is 8.27. The minimum absolute atomic E-state index is 0.0591. The van der Waals surface area contributed by atoms with Gasteiger partial charge in [0.2, 0.25) is 0 Å². The molecule has 1 aliphatic rings. The second-order valence-electron chi connectivity index (χ2n) is 6.50. The molecule has 0 radical (unpaired) electrons. The molecular formula is C21H18N2OS2. The predicted octanol–water partition coefficient (Wildman–Crippen LogP) is 5.20. The van der Waals surface area contributed by atoms with Gasteiger partial charge in [-0.3, -0.25) is 9.69 Å². The van der Waals surface area contributed by atoms with Crippen molar-refractivity contribution in [2.24, 2.45) is 7.05 Å². The van der Waals surface area contributed by atoms with Gasteiger partial charge < -0.3 is 4.57 Å². The van der Waals surface area contributed by atoms with Gasteiger partial charge in [-0.1, -0.05) is 48.2 Å². The van der Waals surface area contributed by atoms with Gasteiger partial charge in [-0.15, -0.1) is 0 Å². The molecule has 1 aliphatic heterocycles. The number of hydrogen-bond donors (Lipinski definition) is 0. The van der Waals surface area contributed by atoms with Crippen molar-refractivity contribution >= 4 is 56.9 Å². The quantitative estimate of drug-likeness (QED) is 0.453. The first-order chi connectivity index (χ1) is 12.5. The highest BCUT2D eigenvalue weighted by Gasteiger charge is 2.33. The second kappa shape index (κ2) is 6.41. The number of carbonyl (C=O) groups is 1. The maximum absolute atomic E-state index is 13.0. The van der Waals surface area contributed by atoms with Crippen molar-refractivity contribution in [3.63, 3.8) is 0 Å². The average molecular weight is 379 g/mol. The number of para-hydroxylation sites is 1. The third kappa shape index (κ3) is 2.77. The van der Waals surface area contributed by atoms with Crippen molar-refractivity contribution in [3.8, 4) is 0 Å². The molecule has 3 nitrogen and oxygen atoms in total. The molecule has 1 saturated heterocycles. The molecule has 0 atom stereocenters. The van der Waals surface area contributed by atoms with E-state index < -0.39 is 0 Å². The number of rotatable bonds is 2. The largest absolute Gasteiger partial charge is 0.350 e. The number of thioether (sulfide) groups is 1. The smallest absolute Gasteiger partial charge is 0.270 e. The van der Waals surface area contributed by atoms with Crippen LogP contribution in [0.5, 0.6) is 0 Å². The molecule has 2 aromatic carbocycles. The summed E-state index contributed by atoms with van der Waals surface area (Å²) in [5, 5.41) is 1.13. The van der Waals surface area contributed by atoms with E-state index in [4.69, 9.17) is 12.2 Å². The fourth-order valence-corrected chi connectivity index (χ4v) is 4.47. The second-order valence-corrected chi connectivity index (χ2v) is 8.17. The summed E-state index contributed by atoms with van der Waals surface area (Å²) in [5.41, 5.74) is 5.35. The number of hydrogen-bond acceptors (Lipinski definition) is 3. The fraction of sp³-hybridized carbons (Fsp3) is 0.143. The first kappa shape index (κ1) is 17.1. The molecule has 0 N–H and O–H groups in total. The van der Waals surface area contributed by atoms with Crippen molar-refractivity contribution in [1.82, 2.24) is 4.57 Å². The Labute approximate surface area is 162 Å². The third-order valence-electron chi connectivity index (χ3n) is 4.76. The van der Waals surface area contributed by atoms with Crippen LogP contribution in [0.15, 0.2) is 53.6 Å². The summed E-state index contributed by atoms with van der Waals surface area (Å²) in [4.78, 5) is 15.3. The molecule has 0 bridgehead atoms. The molecule has 0 aliphatic carbocycles. The maximum atomic E-state index is 13.0. The number of aryl methyl sites for hydroxylation is 3. The van der Waals surface area contributed by atoms with E-state index in [1.165, 1.54) is 17.3 Å². The standard InChI is InChI=1S/C21H18N2OS2/c1-13-8-9-16(10-14(13)2)23-20(24)19(26-21(23)25)11-15-12-22(3)18-7-5-4-6-17(15)18/h4-12H,1-3H3. The number of carbonyl (C=O) groups excluding carboxylic acids is 1. The zero-order chi connectivity index (χ0) is 18.4. The molecule has 5 heteroatoms. The van der Waals surface area contributed by atoms with Gasteiger partial charge in [0.15, 0.2) is 4.32 Å². The summed E-state index contributed by atoms with van der Waals surface area (Å²) in [5.74, 6) is -0.0591. The Morgan fingerprint density at radius 2 is 1.85 bits per heavy atom. The molecule has 26 heavy (non-hydrogen) atoms. The molecule has 1 amide bonds. The van der Waals surface area contributed by atoms with Gasteiger partial charge >= 0.3 is 0 Å². The zero-order valence-electron chi connectivity index (χ0n) is 14.8. The minimum atomic E-state index is -0.0591. The molecular weight excluding hydrogens is 360 g/mol. The SMILES string of the molecule is Cc1ccc(N2C(=O)C(=Cc3cn(C)c4ccccc34)SC2=S)cc1C. The van der Waals surface area contributed by atoms with E-state index in [1.54, 1.807) is 4.90 Å². The molecule has 3 aromatic rings. The number of benzene rings is 2. The normalized spacial score (nSPS) is 16.3. The summed E-state index contributed by atoms with van der Waals surface area (Å²) in [7, 11) is 2.01. The van der Waals surface area contributed by atoms with E-state index >= 15 is 0 Å². The van der Waals surface area contributed by atoms with Crippen LogP contribution in [0.25, 0.3) is 17.0 Å². The molecule has 0 saturated carbocycles. The van der Waals surface area contributed by atoms with Gasteiger partial charge in [0, 0.05) is 29.7 Å². The number of amides is 1. The lowest BCUT2D eigenvalue weighted by atomic mass is 10.1. The Morgan fingerprint density at radius 1 is 1.08 bits per heavy atom. The molecule has 4 rings (SSSR count). The van der Waals surface area contributed by atoms with Crippen LogP contribution in [0, 0.1) is 13.8 Å². The molecule has 0 spiro atoms. The van der Waals surface area contributed by atoms with Crippen molar-refractivity contribution < 1.29 is 4.79 Å². The lowest BCUT2D eigenvalue weighted by Crippen LogP contribution is -2.27. The highest BCUT2D eigenvalue weighted by Crippen LogP contribution is 2.37. The summed E-state index contributed by atoms with van der Waals surface area (Å²) < 4.78 is 2.65. The molecule has 130 valence electrons. The summed E-state index contributed by atoms with van der Waals surface area (Å²) in [6.07, 6.45) is 4.00. The Hall–Kier alpha value is -2.37. The van der Waals surface area contributed by atoms with E-state index in [2.05, 4.69) is 23.6 Å². The summed E-state index contributed by atoms with van der Waals surface area (Å²) >= 11 is 6.85. The molecule has 1 aromatic heterocycles. The van der Waals surface area contributed by atoms with Crippen LogP contribution in [-0.4, -0.2) is 14.8 Å². The number of aromatic nitrogens is 1. The third-order valence-corrected chi connectivity index (χ3v) is 6.06. The summed E-state index contributed by atoms with van der Waals surface area (Å²) in [6.45, 7) is 4.10. The van der Waals surface area contributed by atoms with Crippen LogP contribution in [0.1, 0.15) is 16.7 Å². The Balaban J connectivity index is 1.74. The number of anilines is 1. The molecule has 1 fully saturated rings. The van der Waals surface area contributed by atoms with Gasteiger partial charge in [0.1, 0.15) is 0 Å². The molecule has 0 unspecified atom stereocenters. The van der Waals surface area contributed by atoms with E-state index in [-0.39, 0.29) is 5.91 Å². The average Bonchev–Trinajstić information content (AvgIpc) is 3.08.